The molecule has 0 bridgehead atoms. The van der Waals surface area contributed by atoms with E-state index in [1.54, 1.807) is 0 Å². The molecule has 0 spiro atoms. The summed E-state index contributed by atoms with van der Waals surface area (Å²) < 4.78 is 0. The van der Waals surface area contributed by atoms with Crippen molar-refractivity contribution >= 4 is 5.57 Å². The summed E-state index contributed by atoms with van der Waals surface area (Å²) in [6.07, 6.45) is 6.65. The van der Waals surface area contributed by atoms with Crippen LogP contribution in [0.5, 0.6) is 0 Å². The van der Waals surface area contributed by atoms with Crippen molar-refractivity contribution in [2.24, 2.45) is 17.8 Å². The molecule has 0 amide bonds. The Morgan fingerprint density at radius 1 is 1.22 bits per heavy atom. The van der Waals surface area contributed by atoms with E-state index in [-0.39, 0.29) is 6.10 Å². The molecule has 1 heteroatoms. The van der Waals surface area contributed by atoms with Gasteiger partial charge in [0.15, 0.2) is 0 Å². The Balaban J connectivity index is 2.27. The van der Waals surface area contributed by atoms with Gasteiger partial charge in [0, 0.05) is 0 Å². The fourth-order valence-corrected chi connectivity index (χ4v) is 4.34. The molecule has 1 aromatic carbocycles. The minimum Gasteiger partial charge on any atom is -0.393 e. The van der Waals surface area contributed by atoms with Gasteiger partial charge in [-0.05, 0) is 67.1 Å². The summed E-state index contributed by atoms with van der Waals surface area (Å²) >= 11 is 0. The first kappa shape index (κ1) is 18.3. The van der Waals surface area contributed by atoms with Gasteiger partial charge in [-0.1, -0.05) is 64.0 Å². The van der Waals surface area contributed by atoms with Crippen LogP contribution in [0.2, 0.25) is 0 Å². The van der Waals surface area contributed by atoms with Crippen LogP contribution in [0, 0.1) is 17.8 Å². The van der Waals surface area contributed by atoms with Crippen LogP contribution in [0.15, 0.2) is 24.8 Å². The summed E-state index contributed by atoms with van der Waals surface area (Å²) in [5.74, 6) is 1.66. The van der Waals surface area contributed by atoms with Crippen molar-refractivity contribution in [2.75, 3.05) is 0 Å². The number of rotatable bonds is 6. The fraction of sp³-hybridized carbons (Fsp3) is 0.636. The van der Waals surface area contributed by atoms with Gasteiger partial charge in [-0.25, -0.2) is 0 Å². The van der Waals surface area contributed by atoms with Crippen LogP contribution in [0.4, 0.5) is 0 Å². The molecule has 2 rings (SSSR count). The van der Waals surface area contributed by atoms with Crippen molar-refractivity contribution in [1.82, 2.24) is 0 Å². The lowest BCUT2D eigenvalue weighted by Crippen LogP contribution is -2.35. The van der Waals surface area contributed by atoms with Crippen LogP contribution in [0.25, 0.3) is 5.57 Å². The van der Waals surface area contributed by atoms with Crippen molar-refractivity contribution < 1.29 is 5.11 Å². The number of hydrogen-bond acceptors (Lipinski definition) is 1. The molecule has 0 heterocycles. The Bertz CT molecular complexity index is 531. The standard InChI is InChI=1S/C22H34O/c1-6-9-18-10-8-11-19(22(18)15(3)4)14-20-12-17(7-2)13-21(23)16(20)5/h8,10-11,16-17,20-21,23H,3,6-7,9,12-14H2,1-2,4-5H3/t16-,17-,20-,21-/m0/s1. The molecule has 1 nitrogen and oxygen atoms in total. The zero-order chi connectivity index (χ0) is 17.0. The van der Waals surface area contributed by atoms with E-state index in [2.05, 4.69) is 52.5 Å². The van der Waals surface area contributed by atoms with E-state index < -0.39 is 0 Å². The fourth-order valence-electron chi connectivity index (χ4n) is 4.34. The smallest absolute Gasteiger partial charge is 0.0571 e. The zero-order valence-corrected chi connectivity index (χ0v) is 15.4. The molecular weight excluding hydrogens is 280 g/mol. The summed E-state index contributed by atoms with van der Waals surface area (Å²) in [4.78, 5) is 0. The maximum absolute atomic E-state index is 10.4. The molecule has 128 valence electrons. The van der Waals surface area contributed by atoms with E-state index in [4.69, 9.17) is 0 Å². The lowest BCUT2D eigenvalue weighted by atomic mass is 9.69. The van der Waals surface area contributed by atoms with Gasteiger partial charge in [-0.3, -0.25) is 0 Å². The second-order valence-corrected chi connectivity index (χ2v) is 7.62. The highest BCUT2D eigenvalue weighted by Gasteiger charge is 2.33. The van der Waals surface area contributed by atoms with Crippen molar-refractivity contribution in [3.8, 4) is 0 Å². The molecule has 23 heavy (non-hydrogen) atoms. The van der Waals surface area contributed by atoms with Crippen molar-refractivity contribution in [1.29, 1.82) is 0 Å². The largest absolute Gasteiger partial charge is 0.393 e. The monoisotopic (exact) mass is 314 g/mol. The first-order chi connectivity index (χ1) is 11.0. The third-order valence-corrected chi connectivity index (χ3v) is 5.80. The minimum atomic E-state index is -0.134. The molecule has 1 aliphatic rings. The first-order valence-electron chi connectivity index (χ1n) is 9.42. The Hall–Kier alpha value is -1.08. The van der Waals surface area contributed by atoms with Crippen molar-refractivity contribution in [2.45, 2.75) is 72.3 Å². The van der Waals surface area contributed by atoms with Gasteiger partial charge in [-0.2, -0.15) is 0 Å². The molecule has 1 saturated carbocycles. The summed E-state index contributed by atoms with van der Waals surface area (Å²) in [5.41, 5.74) is 5.44. The summed E-state index contributed by atoms with van der Waals surface area (Å²) in [7, 11) is 0. The molecule has 1 N–H and O–H groups in total. The van der Waals surface area contributed by atoms with Crippen LogP contribution >= 0.6 is 0 Å². The molecule has 0 saturated heterocycles. The lowest BCUT2D eigenvalue weighted by molar-refractivity contribution is 0.0147. The molecule has 1 fully saturated rings. The van der Waals surface area contributed by atoms with Crippen molar-refractivity contribution in [3.05, 3.63) is 41.5 Å². The molecule has 1 aromatic rings. The number of aryl methyl sites for hydroxylation is 1. The van der Waals surface area contributed by atoms with E-state index in [0.717, 1.165) is 19.3 Å². The second kappa shape index (κ2) is 8.15. The maximum atomic E-state index is 10.4. The van der Waals surface area contributed by atoms with Gasteiger partial charge in [0.1, 0.15) is 0 Å². The van der Waals surface area contributed by atoms with Crippen LogP contribution in [-0.2, 0) is 12.8 Å². The van der Waals surface area contributed by atoms with E-state index in [1.165, 1.54) is 41.5 Å². The zero-order valence-electron chi connectivity index (χ0n) is 15.4. The van der Waals surface area contributed by atoms with E-state index in [0.29, 0.717) is 17.8 Å². The predicted molar refractivity (Wildman–Crippen MR) is 101 cm³/mol. The highest BCUT2D eigenvalue weighted by molar-refractivity contribution is 5.68. The van der Waals surface area contributed by atoms with Gasteiger partial charge in [0.2, 0.25) is 0 Å². The first-order valence-corrected chi connectivity index (χ1v) is 9.42. The second-order valence-electron chi connectivity index (χ2n) is 7.62. The van der Waals surface area contributed by atoms with Gasteiger partial charge in [0.25, 0.3) is 0 Å². The average molecular weight is 315 g/mol. The molecule has 1 aliphatic carbocycles. The molecule has 0 unspecified atom stereocenters. The van der Waals surface area contributed by atoms with Crippen LogP contribution < -0.4 is 0 Å². The van der Waals surface area contributed by atoms with E-state index in [1.807, 2.05) is 0 Å². The highest BCUT2D eigenvalue weighted by Crippen LogP contribution is 2.38. The third kappa shape index (κ3) is 4.26. The van der Waals surface area contributed by atoms with Crippen LogP contribution in [-0.4, -0.2) is 11.2 Å². The summed E-state index contributed by atoms with van der Waals surface area (Å²) in [6.45, 7) is 13.1. The normalized spacial score (nSPS) is 27.9. The Labute approximate surface area is 142 Å². The predicted octanol–water partition coefficient (Wildman–Crippen LogP) is 5.65. The number of benzene rings is 1. The quantitative estimate of drug-likeness (QED) is 0.719. The molecule has 4 atom stereocenters. The van der Waals surface area contributed by atoms with Crippen LogP contribution in [0.3, 0.4) is 0 Å². The van der Waals surface area contributed by atoms with Gasteiger partial charge in [-0.15, -0.1) is 0 Å². The minimum absolute atomic E-state index is 0.134. The molecular formula is C22H34O. The average Bonchev–Trinajstić information content (AvgIpc) is 2.51. The Morgan fingerprint density at radius 3 is 2.52 bits per heavy atom. The van der Waals surface area contributed by atoms with E-state index in [9.17, 15) is 5.11 Å². The number of aliphatic hydroxyl groups is 1. The van der Waals surface area contributed by atoms with Crippen molar-refractivity contribution in [3.63, 3.8) is 0 Å². The summed E-state index contributed by atoms with van der Waals surface area (Å²) in [6, 6.07) is 6.73. The molecule has 0 aliphatic heterocycles. The maximum Gasteiger partial charge on any atom is 0.0571 e. The summed E-state index contributed by atoms with van der Waals surface area (Å²) in [5, 5.41) is 10.4. The van der Waals surface area contributed by atoms with Gasteiger partial charge < -0.3 is 5.11 Å². The Kier molecular flexibility index (Phi) is 6.47. The number of allylic oxidation sites excluding steroid dienone is 1. The third-order valence-electron chi connectivity index (χ3n) is 5.80. The van der Waals surface area contributed by atoms with Crippen LogP contribution in [0.1, 0.15) is 70.1 Å². The molecule has 0 radical (unpaired) electrons. The van der Waals surface area contributed by atoms with E-state index >= 15 is 0 Å². The Morgan fingerprint density at radius 2 is 1.91 bits per heavy atom. The van der Waals surface area contributed by atoms with Gasteiger partial charge >= 0.3 is 0 Å². The SMILES string of the molecule is C=C(C)c1c(CCC)cccc1C[C@@H]1C[C@H](CC)C[C@H](O)[C@H]1C. The molecule has 0 aromatic heterocycles. The topological polar surface area (TPSA) is 20.2 Å². The lowest BCUT2D eigenvalue weighted by Gasteiger charge is -2.38. The van der Waals surface area contributed by atoms with Gasteiger partial charge in [0.05, 0.1) is 6.10 Å². The highest BCUT2D eigenvalue weighted by atomic mass is 16.3. The number of hydrogen-bond donors (Lipinski definition) is 1. The number of aliphatic hydroxyl groups excluding tert-OH is 1.